The monoisotopic (exact) mass is 289 g/mol. The van der Waals surface area contributed by atoms with Crippen molar-refractivity contribution in [3.8, 4) is 5.88 Å². The fourth-order valence-corrected chi connectivity index (χ4v) is 3.07. The van der Waals surface area contributed by atoms with Gasteiger partial charge in [0.2, 0.25) is 11.8 Å². The first-order valence-electron chi connectivity index (χ1n) is 7.69. The smallest absolute Gasteiger partial charge is 0.227 e. The minimum Gasteiger partial charge on any atom is -0.471 e. The molecule has 21 heavy (non-hydrogen) atoms. The van der Waals surface area contributed by atoms with Crippen LogP contribution in [0.3, 0.4) is 0 Å². The first kappa shape index (κ1) is 14.3. The molecule has 1 aromatic rings. The Morgan fingerprint density at radius 3 is 2.86 bits per heavy atom. The molecule has 114 valence electrons. The predicted octanol–water partition coefficient (Wildman–Crippen LogP) is 1.32. The number of rotatable bonds is 3. The zero-order valence-electron chi connectivity index (χ0n) is 12.8. The molecular formula is C16H23N3O2. The van der Waals surface area contributed by atoms with Gasteiger partial charge in [0.15, 0.2) is 0 Å². The van der Waals surface area contributed by atoms with Crippen LogP contribution in [-0.4, -0.2) is 60.0 Å². The molecule has 2 aliphatic heterocycles. The van der Waals surface area contributed by atoms with E-state index in [1.807, 2.05) is 30.0 Å². The molecular weight excluding hydrogens is 266 g/mol. The van der Waals surface area contributed by atoms with E-state index >= 15 is 0 Å². The summed E-state index contributed by atoms with van der Waals surface area (Å²) in [6.07, 6.45) is 2.22. The zero-order valence-corrected chi connectivity index (χ0v) is 12.8. The molecule has 1 unspecified atom stereocenters. The molecule has 0 aromatic carbocycles. The molecule has 5 nitrogen and oxygen atoms in total. The SMILES string of the molecule is Cc1cccc(OC2CN(C(=O)C3CCCN(C)C3)C2)n1. The summed E-state index contributed by atoms with van der Waals surface area (Å²) < 4.78 is 5.80. The van der Waals surface area contributed by atoms with Gasteiger partial charge in [-0.1, -0.05) is 6.07 Å². The molecule has 3 heterocycles. The number of hydrogen-bond acceptors (Lipinski definition) is 4. The van der Waals surface area contributed by atoms with Crippen molar-refractivity contribution in [3.05, 3.63) is 23.9 Å². The summed E-state index contributed by atoms with van der Waals surface area (Å²) in [4.78, 5) is 20.9. The van der Waals surface area contributed by atoms with Gasteiger partial charge in [0.25, 0.3) is 0 Å². The van der Waals surface area contributed by atoms with Crippen molar-refractivity contribution in [2.24, 2.45) is 5.92 Å². The van der Waals surface area contributed by atoms with E-state index in [4.69, 9.17) is 4.74 Å². The second-order valence-corrected chi connectivity index (χ2v) is 6.20. The van der Waals surface area contributed by atoms with Crippen LogP contribution < -0.4 is 4.74 Å². The Labute approximate surface area is 125 Å². The number of amides is 1. The van der Waals surface area contributed by atoms with E-state index in [0.29, 0.717) is 24.9 Å². The third-order valence-electron chi connectivity index (χ3n) is 4.28. The molecule has 2 saturated heterocycles. The number of nitrogens with zero attached hydrogens (tertiary/aromatic N) is 3. The molecule has 5 heteroatoms. The number of hydrogen-bond donors (Lipinski definition) is 0. The van der Waals surface area contributed by atoms with Gasteiger partial charge < -0.3 is 14.5 Å². The lowest BCUT2D eigenvalue weighted by molar-refractivity contribution is -0.146. The van der Waals surface area contributed by atoms with Crippen LogP contribution in [0.5, 0.6) is 5.88 Å². The number of likely N-dealkylation sites (tertiary alicyclic amines) is 2. The molecule has 1 atom stereocenters. The highest BCUT2D eigenvalue weighted by atomic mass is 16.5. The number of pyridine rings is 1. The Bertz CT molecular complexity index is 514. The van der Waals surface area contributed by atoms with Crippen LogP contribution in [-0.2, 0) is 4.79 Å². The molecule has 0 saturated carbocycles. The van der Waals surface area contributed by atoms with E-state index in [1.54, 1.807) is 0 Å². The van der Waals surface area contributed by atoms with Crippen LogP contribution in [0, 0.1) is 12.8 Å². The van der Waals surface area contributed by atoms with Gasteiger partial charge in [-0.25, -0.2) is 4.98 Å². The fourth-order valence-electron chi connectivity index (χ4n) is 3.07. The quantitative estimate of drug-likeness (QED) is 0.842. The summed E-state index contributed by atoms with van der Waals surface area (Å²) >= 11 is 0. The van der Waals surface area contributed by atoms with Crippen LogP contribution >= 0.6 is 0 Å². The van der Waals surface area contributed by atoms with Gasteiger partial charge in [0, 0.05) is 18.3 Å². The maximum absolute atomic E-state index is 12.4. The minimum absolute atomic E-state index is 0.0876. The van der Waals surface area contributed by atoms with Gasteiger partial charge in [0.1, 0.15) is 6.10 Å². The zero-order chi connectivity index (χ0) is 14.8. The molecule has 1 aromatic heterocycles. The third-order valence-corrected chi connectivity index (χ3v) is 4.28. The highest BCUT2D eigenvalue weighted by Crippen LogP contribution is 2.22. The van der Waals surface area contributed by atoms with Gasteiger partial charge in [0.05, 0.1) is 19.0 Å². The van der Waals surface area contributed by atoms with Crippen molar-refractivity contribution in [2.75, 3.05) is 33.2 Å². The number of ether oxygens (including phenoxy) is 1. The molecule has 0 bridgehead atoms. The Balaban J connectivity index is 1.48. The number of aryl methyl sites for hydroxylation is 1. The summed E-state index contributed by atoms with van der Waals surface area (Å²) in [5, 5.41) is 0. The van der Waals surface area contributed by atoms with Crippen LogP contribution in [0.25, 0.3) is 0 Å². The predicted molar refractivity (Wildman–Crippen MR) is 80.2 cm³/mol. The van der Waals surface area contributed by atoms with Gasteiger partial charge in [-0.15, -0.1) is 0 Å². The normalized spacial score (nSPS) is 23.7. The van der Waals surface area contributed by atoms with E-state index in [0.717, 1.165) is 31.6 Å². The first-order valence-corrected chi connectivity index (χ1v) is 7.69. The topological polar surface area (TPSA) is 45.7 Å². The maximum Gasteiger partial charge on any atom is 0.227 e. The van der Waals surface area contributed by atoms with Crippen LogP contribution in [0.4, 0.5) is 0 Å². The van der Waals surface area contributed by atoms with Gasteiger partial charge >= 0.3 is 0 Å². The number of piperidine rings is 1. The molecule has 2 fully saturated rings. The number of carbonyl (C=O) groups is 1. The van der Waals surface area contributed by atoms with Gasteiger partial charge in [-0.2, -0.15) is 0 Å². The summed E-state index contributed by atoms with van der Waals surface area (Å²) in [5.74, 6) is 1.12. The van der Waals surface area contributed by atoms with E-state index in [-0.39, 0.29) is 12.0 Å². The van der Waals surface area contributed by atoms with Crippen molar-refractivity contribution >= 4 is 5.91 Å². The molecule has 2 aliphatic rings. The fraction of sp³-hybridized carbons (Fsp3) is 0.625. The highest BCUT2D eigenvalue weighted by Gasteiger charge is 2.36. The Morgan fingerprint density at radius 1 is 1.33 bits per heavy atom. The number of carbonyl (C=O) groups excluding carboxylic acids is 1. The lowest BCUT2D eigenvalue weighted by Crippen LogP contribution is -2.58. The van der Waals surface area contributed by atoms with Crippen molar-refractivity contribution in [2.45, 2.75) is 25.9 Å². The Hall–Kier alpha value is -1.62. The standard InChI is InChI=1S/C16H23N3O2/c1-12-5-3-7-15(17-12)21-14-10-19(11-14)16(20)13-6-4-8-18(2)9-13/h3,5,7,13-14H,4,6,8-11H2,1-2H3. The lowest BCUT2D eigenvalue weighted by Gasteiger charge is -2.41. The van der Waals surface area contributed by atoms with E-state index in [1.165, 1.54) is 0 Å². The van der Waals surface area contributed by atoms with E-state index in [2.05, 4.69) is 16.9 Å². The Morgan fingerprint density at radius 2 is 2.14 bits per heavy atom. The molecule has 0 spiro atoms. The van der Waals surface area contributed by atoms with Gasteiger partial charge in [-0.3, -0.25) is 4.79 Å². The van der Waals surface area contributed by atoms with Crippen LogP contribution in [0.15, 0.2) is 18.2 Å². The second kappa shape index (κ2) is 6.02. The molecule has 0 aliphatic carbocycles. The average Bonchev–Trinajstić information content (AvgIpc) is 2.42. The Kier molecular flexibility index (Phi) is 4.10. The van der Waals surface area contributed by atoms with Crippen LogP contribution in [0.2, 0.25) is 0 Å². The lowest BCUT2D eigenvalue weighted by atomic mass is 9.95. The molecule has 3 rings (SSSR count). The van der Waals surface area contributed by atoms with Crippen LogP contribution in [0.1, 0.15) is 18.5 Å². The second-order valence-electron chi connectivity index (χ2n) is 6.20. The van der Waals surface area contributed by atoms with Crippen molar-refractivity contribution < 1.29 is 9.53 Å². The van der Waals surface area contributed by atoms with E-state index in [9.17, 15) is 4.79 Å². The molecule has 1 amide bonds. The summed E-state index contributed by atoms with van der Waals surface area (Å²) in [6, 6.07) is 5.76. The largest absolute Gasteiger partial charge is 0.471 e. The van der Waals surface area contributed by atoms with E-state index < -0.39 is 0 Å². The number of aromatic nitrogens is 1. The van der Waals surface area contributed by atoms with Crippen molar-refractivity contribution in [1.82, 2.24) is 14.8 Å². The first-order chi connectivity index (χ1) is 10.1. The molecule has 0 radical (unpaired) electrons. The summed E-state index contributed by atoms with van der Waals surface area (Å²) in [5.41, 5.74) is 0.949. The summed E-state index contributed by atoms with van der Waals surface area (Å²) in [7, 11) is 2.09. The third kappa shape index (κ3) is 3.35. The maximum atomic E-state index is 12.4. The average molecular weight is 289 g/mol. The highest BCUT2D eigenvalue weighted by molar-refractivity contribution is 5.80. The van der Waals surface area contributed by atoms with Crippen molar-refractivity contribution in [1.29, 1.82) is 0 Å². The van der Waals surface area contributed by atoms with Gasteiger partial charge in [-0.05, 0) is 39.4 Å². The van der Waals surface area contributed by atoms with Crippen molar-refractivity contribution in [3.63, 3.8) is 0 Å². The molecule has 0 N–H and O–H groups in total. The summed E-state index contributed by atoms with van der Waals surface area (Å²) in [6.45, 7) is 5.32. The minimum atomic E-state index is 0.0876.